The summed E-state index contributed by atoms with van der Waals surface area (Å²) in [4.78, 5) is 12.0. The van der Waals surface area contributed by atoms with E-state index in [1.165, 1.54) is 33.7 Å². The number of fused-ring (bicyclic) bond motifs is 1. The number of pyridine rings is 1. The molecular formula is C26H28N4O3S2. The molecule has 1 saturated carbocycles. The highest BCUT2D eigenvalue weighted by Gasteiger charge is 2.29. The highest BCUT2D eigenvalue weighted by atomic mass is 32.2. The number of aromatic nitrogens is 3. The lowest BCUT2D eigenvalue weighted by Gasteiger charge is -2.38. The average molecular weight is 509 g/mol. The predicted octanol–water partition coefficient (Wildman–Crippen LogP) is 4.76. The van der Waals surface area contributed by atoms with Crippen molar-refractivity contribution in [2.24, 2.45) is 0 Å². The van der Waals surface area contributed by atoms with Crippen molar-refractivity contribution in [2.75, 3.05) is 26.3 Å². The Labute approximate surface area is 209 Å². The highest BCUT2D eigenvalue weighted by Crippen LogP contribution is 2.39. The first-order valence-electron chi connectivity index (χ1n) is 12.1. The third-order valence-corrected chi connectivity index (χ3v) is 9.80. The van der Waals surface area contributed by atoms with Crippen molar-refractivity contribution in [3.05, 3.63) is 65.9 Å². The highest BCUT2D eigenvalue weighted by molar-refractivity contribution is 7.90. The van der Waals surface area contributed by atoms with E-state index in [1.807, 2.05) is 17.6 Å². The van der Waals surface area contributed by atoms with Crippen LogP contribution in [0.25, 0.3) is 21.6 Å². The summed E-state index contributed by atoms with van der Waals surface area (Å²) in [6.45, 7) is 3.73. The second-order valence-electron chi connectivity index (χ2n) is 9.29. The van der Waals surface area contributed by atoms with Crippen molar-refractivity contribution in [3.8, 4) is 10.6 Å². The van der Waals surface area contributed by atoms with Gasteiger partial charge in [-0.15, -0.1) is 11.3 Å². The molecule has 6 rings (SSSR count). The van der Waals surface area contributed by atoms with E-state index in [-0.39, 0.29) is 4.90 Å². The average Bonchev–Trinajstić information content (AvgIpc) is 3.58. The summed E-state index contributed by atoms with van der Waals surface area (Å²) in [5.74, 6) is 0.433. The maximum absolute atomic E-state index is 13.5. The van der Waals surface area contributed by atoms with E-state index >= 15 is 0 Å². The van der Waals surface area contributed by atoms with Gasteiger partial charge in [0.1, 0.15) is 5.01 Å². The number of benzene rings is 1. The molecule has 7 nitrogen and oxygen atoms in total. The van der Waals surface area contributed by atoms with Gasteiger partial charge < -0.3 is 4.74 Å². The van der Waals surface area contributed by atoms with Crippen molar-refractivity contribution in [3.63, 3.8) is 0 Å². The first-order valence-corrected chi connectivity index (χ1v) is 14.5. The molecule has 0 radical (unpaired) electrons. The Balaban J connectivity index is 1.35. The molecule has 0 bridgehead atoms. The second kappa shape index (κ2) is 9.46. The number of nitrogens with zero attached hydrogens (tertiary/aromatic N) is 4. The molecule has 35 heavy (non-hydrogen) atoms. The van der Waals surface area contributed by atoms with Crippen molar-refractivity contribution in [1.82, 2.24) is 18.8 Å². The van der Waals surface area contributed by atoms with Gasteiger partial charge >= 0.3 is 0 Å². The summed E-state index contributed by atoms with van der Waals surface area (Å²) in [6, 6.07) is 11.3. The first kappa shape index (κ1) is 22.8. The zero-order chi connectivity index (χ0) is 23.8. The summed E-state index contributed by atoms with van der Waals surface area (Å²) >= 11 is 1.51. The van der Waals surface area contributed by atoms with Gasteiger partial charge in [-0.3, -0.25) is 4.90 Å². The molecule has 1 aliphatic carbocycles. The molecule has 1 saturated heterocycles. The van der Waals surface area contributed by atoms with E-state index in [1.54, 1.807) is 36.7 Å². The summed E-state index contributed by atoms with van der Waals surface area (Å²) in [6.07, 6.45) is 9.88. The predicted molar refractivity (Wildman–Crippen MR) is 137 cm³/mol. The normalized spacial score (nSPS) is 21.9. The van der Waals surface area contributed by atoms with Crippen LogP contribution in [0, 0.1) is 0 Å². The molecule has 0 unspecified atom stereocenters. The Morgan fingerprint density at radius 3 is 2.49 bits per heavy atom. The molecule has 0 spiro atoms. The monoisotopic (exact) mass is 508 g/mol. The second-order valence-corrected chi connectivity index (χ2v) is 12.0. The molecule has 9 heteroatoms. The number of thiazole rings is 1. The van der Waals surface area contributed by atoms with Crippen LogP contribution in [0.4, 0.5) is 0 Å². The summed E-state index contributed by atoms with van der Waals surface area (Å²) in [5, 5.41) is 3.55. The molecule has 1 aliphatic heterocycles. The van der Waals surface area contributed by atoms with Gasteiger partial charge in [0.15, 0.2) is 5.65 Å². The lowest BCUT2D eigenvalue weighted by Crippen LogP contribution is -2.44. The minimum Gasteiger partial charge on any atom is -0.379 e. The molecular weight excluding hydrogens is 480 g/mol. The maximum Gasteiger partial charge on any atom is 0.269 e. The van der Waals surface area contributed by atoms with Crippen LogP contribution in [0.1, 0.15) is 37.2 Å². The van der Waals surface area contributed by atoms with Crippen molar-refractivity contribution in [1.29, 1.82) is 0 Å². The van der Waals surface area contributed by atoms with Crippen LogP contribution in [0.2, 0.25) is 0 Å². The fourth-order valence-electron chi connectivity index (χ4n) is 5.45. The van der Waals surface area contributed by atoms with Crippen molar-refractivity contribution < 1.29 is 13.2 Å². The minimum atomic E-state index is -3.78. The molecule has 4 heterocycles. The van der Waals surface area contributed by atoms with Gasteiger partial charge in [0.25, 0.3) is 10.0 Å². The van der Waals surface area contributed by atoms with Crippen molar-refractivity contribution >= 4 is 32.4 Å². The first-order chi connectivity index (χ1) is 17.1. The quantitative estimate of drug-likeness (QED) is 0.387. The third-order valence-electron chi connectivity index (χ3n) is 7.33. The van der Waals surface area contributed by atoms with Crippen LogP contribution >= 0.6 is 11.3 Å². The number of hydrogen-bond acceptors (Lipinski definition) is 7. The molecule has 1 aromatic carbocycles. The van der Waals surface area contributed by atoms with Gasteiger partial charge in [0, 0.05) is 54.1 Å². The summed E-state index contributed by atoms with van der Waals surface area (Å²) in [7, 11) is -3.78. The minimum absolute atomic E-state index is 0.245. The van der Waals surface area contributed by atoms with Crippen molar-refractivity contribution in [2.45, 2.75) is 42.5 Å². The molecule has 4 aromatic rings. The third kappa shape index (κ3) is 4.31. The standard InChI is InChI=1S/C26H28N4O3S2/c31-35(32,22-4-2-1-3-5-22)30-18-24(26-27-10-15-34-26)23-16-20(17-28-25(23)30)19-6-8-21(9-7-19)29-11-13-33-14-12-29/h1-5,10,15-19,21H,6-9,11-14H2. The Kier molecular flexibility index (Phi) is 6.18. The summed E-state index contributed by atoms with van der Waals surface area (Å²) < 4.78 is 33.8. The van der Waals surface area contributed by atoms with E-state index < -0.39 is 10.0 Å². The fourth-order valence-corrected chi connectivity index (χ4v) is 7.46. The molecule has 182 valence electrons. The SMILES string of the molecule is O=S(=O)(c1ccccc1)n1cc(-c2nccs2)c2cc(C3CCC(N4CCOCC4)CC3)cnc21. The van der Waals surface area contributed by atoms with E-state index in [9.17, 15) is 8.42 Å². The lowest BCUT2D eigenvalue weighted by molar-refractivity contribution is 0.00729. The van der Waals surface area contributed by atoms with Crippen LogP contribution in [0.5, 0.6) is 0 Å². The topological polar surface area (TPSA) is 77.3 Å². The Bertz CT molecular complexity index is 1400. The smallest absolute Gasteiger partial charge is 0.269 e. The van der Waals surface area contributed by atoms with Gasteiger partial charge in [0.05, 0.1) is 18.1 Å². The molecule has 0 amide bonds. The number of rotatable bonds is 5. The Hall–Kier alpha value is -2.59. The lowest BCUT2D eigenvalue weighted by atomic mass is 9.81. The maximum atomic E-state index is 13.5. The van der Waals surface area contributed by atoms with Crippen LogP contribution in [0.3, 0.4) is 0 Å². The van der Waals surface area contributed by atoms with Gasteiger partial charge in [0.2, 0.25) is 0 Å². The summed E-state index contributed by atoms with van der Waals surface area (Å²) in [5.41, 5.74) is 2.45. The number of hydrogen-bond donors (Lipinski definition) is 0. The Morgan fingerprint density at radius 1 is 1.00 bits per heavy atom. The molecule has 2 fully saturated rings. The number of ether oxygens (including phenoxy) is 1. The zero-order valence-corrected chi connectivity index (χ0v) is 21.0. The number of morpholine rings is 1. The largest absolute Gasteiger partial charge is 0.379 e. The van der Waals surface area contributed by atoms with Crippen LogP contribution in [-0.2, 0) is 14.8 Å². The van der Waals surface area contributed by atoms with Gasteiger partial charge in [-0.25, -0.2) is 22.4 Å². The Morgan fingerprint density at radius 2 is 1.77 bits per heavy atom. The van der Waals surface area contributed by atoms with E-state index in [4.69, 9.17) is 9.72 Å². The zero-order valence-electron chi connectivity index (χ0n) is 19.4. The molecule has 0 atom stereocenters. The van der Waals surface area contributed by atoms with Crippen LogP contribution in [-0.4, -0.2) is 59.6 Å². The van der Waals surface area contributed by atoms with E-state index in [0.29, 0.717) is 17.6 Å². The molecule has 3 aromatic heterocycles. The van der Waals surface area contributed by atoms with E-state index in [0.717, 1.165) is 55.1 Å². The molecule has 0 N–H and O–H groups in total. The fraction of sp³-hybridized carbons (Fsp3) is 0.385. The molecule has 2 aliphatic rings. The van der Waals surface area contributed by atoms with E-state index in [2.05, 4.69) is 16.0 Å². The van der Waals surface area contributed by atoms with Crippen LogP contribution in [0.15, 0.2) is 65.3 Å². The van der Waals surface area contributed by atoms with Gasteiger partial charge in [-0.1, -0.05) is 18.2 Å². The van der Waals surface area contributed by atoms with Crippen LogP contribution < -0.4 is 0 Å². The van der Waals surface area contributed by atoms with Gasteiger partial charge in [-0.2, -0.15) is 0 Å². The van der Waals surface area contributed by atoms with Gasteiger partial charge in [-0.05, 0) is 55.4 Å².